The van der Waals surface area contributed by atoms with E-state index in [1.54, 1.807) is 36.7 Å². The smallest absolute Gasteiger partial charge is 0.296 e. The summed E-state index contributed by atoms with van der Waals surface area (Å²) in [6.07, 6.45) is 3.82. The van der Waals surface area contributed by atoms with Gasteiger partial charge in [-0.25, -0.2) is 5.01 Å². The highest BCUT2D eigenvalue weighted by Crippen LogP contribution is 2.38. The van der Waals surface area contributed by atoms with Gasteiger partial charge in [0.25, 0.3) is 5.91 Å². The average Bonchev–Trinajstić information content (AvgIpc) is 3.48. The van der Waals surface area contributed by atoms with Gasteiger partial charge in [0.15, 0.2) is 11.5 Å². The summed E-state index contributed by atoms with van der Waals surface area (Å²) < 4.78 is 6.37. The quantitative estimate of drug-likeness (QED) is 0.426. The van der Waals surface area contributed by atoms with Gasteiger partial charge in [0, 0.05) is 46.0 Å². The number of hydrogen-bond donors (Lipinski definition) is 1. The van der Waals surface area contributed by atoms with Crippen LogP contribution in [0.15, 0.2) is 93.2 Å². The molecule has 1 N–H and O–H groups in total. The highest BCUT2D eigenvalue weighted by atomic mass is 79.9. The van der Waals surface area contributed by atoms with Gasteiger partial charge in [0.05, 0.1) is 11.8 Å². The number of para-hydroxylation sites is 1. The van der Waals surface area contributed by atoms with E-state index in [1.165, 1.54) is 5.01 Å². The largest absolute Gasteiger partial charge is 0.508 e. The molecule has 2 aromatic carbocycles. The molecule has 0 radical (unpaired) electrons. The summed E-state index contributed by atoms with van der Waals surface area (Å²) in [6.45, 7) is 0. The van der Waals surface area contributed by atoms with Gasteiger partial charge in [0.2, 0.25) is 0 Å². The molecule has 8 heteroatoms. The van der Waals surface area contributed by atoms with Crippen LogP contribution in [0, 0.1) is 0 Å². The number of amides is 1. The van der Waals surface area contributed by atoms with Crippen molar-refractivity contribution in [2.24, 2.45) is 5.10 Å². The molecule has 0 spiro atoms. The first kappa shape index (κ1) is 20.1. The molecule has 1 unspecified atom stereocenters. The number of pyridine rings is 1. The molecule has 5 rings (SSSR count). The molecular formula is C24H17BrN4O3. The van der Waals surface area contributed by atoms with E-state index in [4.69, 9.17) is 4.52 Å². The molecular weight excluding hydrogens is 472 g/mol. The molecule has 1 amide bonds. The maximum Gasteiger partial charge on any atom is 0.296 e. The van der Waals surface area contributed by atoms with Crippen LogP contribution in [0.4, 0.5) is 0 Å². The third kappa shape index (κ3) is 3.80. The van der Waals surface area contributed by atoms with E-state index >= 15 is 0 Å². The van der Waals surface area contributed by atoms with Gasteiger partial charge in [0.1, 0.15) is 5.75 Å². The second-order valence-electron chi connectivity index (χ2n) is 7.30. The van der Waals surface area contributed by atoms with E-state index in [9.17, 15) is 9.90 Å². The minimum atomic E-state index is -0.480. The van der Waals surface area contributed by atoms with Crippen molar-refractivity contribution in [3.8, 4) is 17.1 Å². The molecule has 158 valence electrons. The number of hydrogen-bond acceptors (Lipinski definition) is 6. The minimum Gasteiger partial charge on any atom is -0.508 e. The summed E-state index contributed by atoms with van der Waals surface area (Å²) in [7, 11) is 0. The van der Waals surface area contributed by atoms with Crippen LogP contribution in [0.2, 0.25) is 0 Å². The monoisotopic (exact) mass is 488 g/mol. The summed E-state index contributed by atoms with van der Waals surface area (Å²) in [5.41, 5.74) is 3.08. The lowest BCUT2D eigenvalue weighted by Crippen LogP contribution is -2.27. The molecule has 1 aliphatic rings. The second-order valence-corrected chi connectivity index (χ2v) is 8.22. The SMILES string of the molecule is O=C(c1cc(-c2ccc(Br)cc2)on1)N1N=C(c2cccnc2)CC1c1ccccc1O. The Morgan fingerprint density at radius 1 is 1.06 bits per heavy atom. The van der Waals surface area contributed by atoms with Crippen LogP contribution in [0.5, 0.6) is 5.75 Å². The number of rotatable bonds is 4. The van der Waals surface area contributed by atoms with Crippen molar-refractivity contribution < 1.29 is 14.4 Å². The van der Waals surface area contributed by atoms with Crippen molar-refractivity contribution in [2.45, 2.75) is 12.5 Å². The Labute approximate surface area is 192 Å². The van der Waals surface area contributed by atoms with Gasteiger partial charge in [-0.05, 0) is 24.3 Å². The van der Waals surface area contributed by atoms with Crippen LogP contribution >= 0.6 is 15.9 Å². The van der Waals surface area contributed by atoms with Crippen molar-refractivity contribution in [3.05, 3.63) is 100 Å². The molecule has 7 nitrogen and oxygen atoms in total. The highest BCUT2D eigenvalue weighted by Gasteiger charge is 2.36. The summed E-state index contributed by atoms with van der Waals surface area (Å²) in [5, 5.41) is 20.4. The summed E-state index contributed by atoms with van der Waals surface area (Å²) in [5.74, 6) is 0.175. The number of aromatic nitrogens is 2. The van der Waals surface area contributed by atoms with Crippen LogP contribution < -0.4 is 0 Å². The fourth-order valence-electron chi connectivity index (χ4n) is 3.66. The normalized spacial score (nSPS) is 15.6. The standard InChI is InChI=1S/C24H17BrN4O3/c25-17-9-7-15(8-10-17)23-13-20(28-32-23)24(31)29-21(18-5-1-2-6-22(18)30)12-19(27-29)16-4-3-11-26-14-16/h1-11,13-14,21,30H,12H2. The Morgan fingerprint density at radius 3 is 2.62 bits per heavy atom. The lowest BCUT2D eigenvalue weighted by molar-refractivity contribution is 0.0699. The van der Waals surface area contributed by atoms with E-state index in [-0.39, 0.29) is 11.4 Å². The third-order valence-corrected chi connectivity index (χ3v) is 5.80. The maximum absolute atomic E-state index is 13.4. The molecule has 0 saturated carbocycles. The first-order valence-corrected chi connectivity index (χ1v) is 10.7. The van der Waals surface area contributed by atoms with Crippen LogP contribution in [0.1, 0.15) is 34.1 Å². The Hall–Kier alpha value is -3.78. The Balaban J connectivity index is 1.51. The lowest BCUT2D eigenvalue weighted by Gasteiger charge is -2.21. The number of phenolic OH excluding ortho intramolecular Hbond substituents is 1. The Kier molecular flexibility index (Phi) is 5.28. The number of halogens is 1. The van der Waals surface area contributed by atoms with Crippen LogP contribution in [0.3, 0.4) is 0 Å². The Morgan fingerprint density at radius 2 is 1.88 bits per heavy atom. The van der Waals surface area contributed by atoms with Crippen molar-refractivity contribution in [2.75, 3.05) is 0 Å². The zero-order chi connectivity index (χ0) is 22.1. The van der Waals surface area contributed by atoms with Gasteiger partial charge in [-0.3, -0.25) is 9.78 Å². The molecule has 1 atom stereocenters. The van der Waals surface area contributed by atoms with Crippen molar-refractivity contribution in [1.82, 2.24) is 15.1 Å². The topological polar surface area (TPSA) is 91.8 Å². The molecule has 0 bridgehead atoms. The molecule has 0 saturated heterocycles. The van der Waals surface area contributed by atoms with E-state index in [1.807, 2.05) is 42.5 Å². The number of nitrogens with zero attached hydrogens (tertiary/aromatic N) is 4. The molecule has 0 fully saturated rings. The number of phenols is 1. The van der Waals surface area contributed by atoms with E-state index in [2.05, 4.69) is 31.2 Å². The van der Waals surface area contributed by atoms with Gasteiger partial charge >= 0.3 is 0 Å². The zero-order valence-electron chi connectivity index (χ0n) is 16.7. The molecule has 32 heavy (non-hydrogen) atoms. The summed E-state index contributed by atoms with van der Waals surface area (Å²) >= 11 is 3.40. The van der Waals surface area contributed by atoms with Gasteiger partial charge < -0.3 is 9.63 Å². The molecule has 4 aromatic rings. The Bertz CT molecular complexity index is 1300. The van der Waals surface area contributed by atoms with Crippen LogP contribution in [-0.4, -0.2) is 31.9 Å². The third-order valence-electron chi connectivity index (χ3n) is 5.27. The van der Waals surface area contributed by atoms with E-state index in [0.29, 0.717) is 23.5 Å². The molecule has 2 aromatic heterocycles. The second kappa shape index (κ2) is 8.39. The lowest BCUT2D eigenvalue weighted by atomic mass is 9.98. The van der Waals surface area contributed by atoms with E-state index in [0.717, 1.165) is 15.6 Å². The van der Waals surface area contributed by atoms with Gasteiger partial charge in [-0.1, -0.05) is 57.5 Å². The summed E-state index contributed by atoms with van der Waals surface area (Å²) in [6, 6.07) is 19.3. The van der Waals surface area contributed by atoms with Gasteiger partial charge in [-0.15, -0.1) is 0 Å². The number of aromatic hydroxyl groups is 1. The fourth-order valence-corrected chi connectivity index (χ4v) is 3.93. The predicted octanol–water partition coefficient (Wildman–Crippen LogP) is 5.20. The predicted molar refractivity (Wildman–Crippen MR) is 122 cm³/mol. The minimum absolute atomic E-state index is 0.105. The number of benzene rings is 2. The van der Waals surface area contributed by atoms with Crippen molar-refractivity contribution >= 4 is 27.5 Å². The first-order valence-electron chi connectivity index (χ1n) is 9.92. The number of carbonyl (C=O) groups is 1. The number of hydrazone groups is 1. The van der Waals surface area contributed by atoms with Crippen LogP contribution in [-0.2, 0) is 0 Å². The first-order chi connectivity index (χ1) is 15.6. The fraction of sp³-hybridized carbons (Fsp3) is 0.0833. The molecule has 3 heterocycles. The van der Waals surface area contributed by atoms with E-state index < -0.39 is 11.9 Å². The molecule has 1 aliphatic heterocycles. The van der Waals surface area contributed by atoms with Crippen LogP contribution in [0.25, 0.3) is 11.3 Å². The van der Waals surface area contributed by atoms with Crippen molar-refractivity contribution in [3.63, 3.8) is 0 Å². The molecule has 0 aliphatic carbocycles. The average molecular weight is 489 g/mol. The highest BCUT2D eigenvalue weighted by molar-refractivity contribution is 9.10. The number of carbonyl (C=O) groups excluding carboxylic acids is 1. The summed E-state index contributed by atoms with van der Waals surface area (Å²) in [4.78, 5) is 17.6. The zero-order valence-corrected chi connectivity index (χ0v) is 18.3. The maximum atomic E-state index is 13.4. The van der Waals surface area contributed by atoms with Gasteiger partial charge in [-0.2, -0.15) is 5.10 Å². The van der Waals surface area contributed by atoms with Crippen molar-refractivity contribution in [1.29, 1.82) is 0 Å².